The number of likely N-dealkylation sites (tertiary alicyclic amines) is 1. The van der Waals surface area contributed by atoms with Crippen molar-refractivity contribution in [1.82, 2.24) is 19.3 Å². The van der Waals surface area contributed by atoms with Crippen LogP contribution in [0.25, 0.3) is 5.69 Å². The molecule has 31 heavy (non-hydrogen) atoms. The van der Waals surface area contributed by atoms with Gasteiger partial charge in [-0.25, -0.2) is 9.36 Å². The number of aliphatic imine (C=N–C) groups is 1. The number of urea groups is 1. The summed E-state index contributed by atoms with van der Waals surface area (Å²) in [5, 5.41) is 0. The number of hydrogen-bond donors (Lipinski definition) is 0. The first-order valence-corrected chi connectivity index (χ1v) is 11.1. The summed E-state index contributed by atoms with van der Waals surface area (Å²) in [6.45, 7) is 7.29. The number of amides is 3. The average molecular weight is 422 g/mol. The highest BCUT2D eigenvalue weighted by atomic mass is 16.2. The number of aryl methyl sites for hydroxylation is 2. The van der Waals surface area contributed by atoms with Crippen molar-refractivity contribution < 1.29 is 14.2 Å². The van der Waals surface area contributed by atoms with E-state index in [1.165, 1.54) is 34.6 Å². The third-order valence-corrected chi connectivity index (χ3v) is 6.59. The van der Waals surface area contributed by atoms with Crippen molar-refractivity contribution in [3.63, 3.8) is 0 Å². The Morgan fingerprint density at radius 1 is 1.03 bits per heavy atom. The number of aromatic nitrogens is 2. The number of piperidine rings is 1. The average Bonchev–Trinajstić information content (AvgIpc) is 3.28. The first kappa shape index (κ1) is 19.9. The lowest BCUT2D eigenvalue weighted by molar-refractivity contribution is -0.676. The van der Waals surface area contributed by atoms with Crippen LogP contribution in [0.2, 0.25) is 0 Å². The molecule has 0 radical (unpaired) electrons. The predicted octanol–water partition coefficient (Wildman–Crippen LogP) is 2.35. The van der Waals surface area contributed by atoms with Crippen LogP contribution in [0.15, 0.2) is 35.5 Å². The Bertz CT molecular complexity index is 1060. The highest BCUT2D eigenvalue weighted by Crippen LogP contribution is 2.31. The van der Waals surface area contributed by atoms with Gasteiger partial charge in [-0.3, -0.25) is 14.6 Å². The maximum Gasteiger partial charge on any atom is 0.406 e. The molecule has 0 spiro atoms. The quantitative estimate of drug-likeness (QED) is 0.712. The number of hydrogen-bond acceptors (Lipinski definition) is 4. The number of rotatable bonds is 4. The zero-order valence-corrected chi connectivity index (χ0v) is 18.4. The van der Waals surface area contributed by atoms with Gasteiger partial charge in [0.05, 0.1) is 0 Å². The molecular weight excluding hydrogens is 392 g/mol. The van der Waals surface area contributed by atoms with Gasteiger partial charge in [0.1, 0.15) is 17.6 Å². The Balaban J connectivity index is 1.46. The van der Waals surface area contributed by atoms with Crippen LogP contribution in [0.4, 0.5) is 10.7 Å². The van der Waals surface area contributed by atoms with Crippen molar-refractivity contribution in [3.8, 4) is 5.69 Å². The van der Waals surface area contributed by atoms with Crippen molar-refractivity contribution in [2.24, 2.45) is 4.99 Å². The Morgan fingerprint density at radius 2 is 1.74 bits per heavy atom. The second-order valence-electron chi connectivity index (χ2n) is 8.76. The normalized spacial score (nSPS) is 21.4. The molecule has 0 N–H and O–H groups in total. The molecule has 1 atom stereocenters. The Hall–Kier alpha value is -3.00. The highest BCUT2D eigenvalue weighted by Gasteiger charge is 2.53. The third-order valence-electron chi connectivity index (χ3n) is 6.59. The van der Waals surface area contributed by atoms with Crippen molar-refractivity contribution >= 4 is 23.7 Å². The van der Waals surface area contributed by atoms with Crippen LogP contribution in [0.5, 0.6) is 0 Å². The van der Waals surface area contributed by atoms with Gasteiger partial charge in [-0.1, -0.05) is 29.1 Å². The Labute approximate surface area is 182 Å². The van der Waals surface area contributed by atoms with Gasteiger partial charge in [-0.15, -0.1) is 0 Å². The summed E-state index contributed by atoms with van der Waals surface area (Å²) in [6.07, 6.45) is 5.60. The van der Waals surface area contributed by atoms with Gasteiger partial charge in [-0.05, 0) is 51.9 Å². The van der Waals surface area contributed by atoms with Gasteiger partial charge in [0.25, 0.3) is 5.91 Å². The summed E-state index contributed by atoms with van der Waals surface area (Å²) in [5.74, 6) is 0.982. The van der Waals surface area contributed by atoms with Crippen molar-refractivity contribution in [2.45, 2.75) is 39.2 Å². The van der Waals surface area contributed by atoms with Crippen LogP contribution in [-0.4, -0.2) is 70.3 Å². The first-order valence-electron chi connectivity index (χ1n) is 11.1. The largest absolute Gasteiger partial charge is 0.406 e. The van der Waals surface area contributed by atoms with Gasteiger partial charge < -0.3 is 4.90 Å². The molecule has 3 aliphatic rings. The molecule has 3 aliphatic heterocycles. The Morgan fingerprint density at radius 3 is 2.45 bits per heavy atom. The molecule has 2 saturated heterocycles. The molecular formula is C23H29N6O2+. The van der Waals surface area contributed by atoms with Crippen molar-refractivity contribution in [1.29, 1.82) is 0 Å². The second kappa shape index (κ2) is 7.60. The minimum atomic E-state index is -0.593. The van der Waals surface area contributed by atoms with Gasteiger partial charge in [0.15, 0.2) is 0 Å². The molecule has 0 bridgehead atoms. The number of likely N-dealkylation sites (N-methyl/N-ethyl adjacent to an activating group) is 1. The summed E-state index contributed by atoms with van der Waals surface area (Å²) in [6, 6.07) is 7.33. The molecule has 8 heteroatoms. The lowest BCUT2D eigenvalue weighted by atomic mass is 10.1. The molecule has 2 fully saturated rings. The van der Waals surface area contributed by atoms with E-state index < -0.39 is 6.04 Å². The van der Waals surface area contributed by atoms with E-state index in [4.69, 9.17) is 4.99 Å². The van der Waals surface area contributed by atoms with E-state index in [-0.39, 0.29) is 11.9 Å². The third kappa shape index (κ3) is 3.26. The number of amidine groups is 1. The van der Waals surface area contributed by atoms with E-state index in [0.717, 1.165) is 31.0 Å². The smallest absolute Gasteiger partial charge is 0.302 e. The molecule has 1 aromatic carbocycles. The van der Waals surface area contributed by atoms with Crippen LogP contribution in [0, 0.1) is 13.8 Å². The summed E-state index contributed by atoms with van der Waals surface area (Å²) in [4.78, 5) is 36.5. The molecule has 0 aliphatic carbocycles. The van der Waals surface area contributed by atoms with E-state index in [9.17, 15) is 9.59 Å². The molecule has 0 saturated carbocycles. The van der Waals surface area contributed by atoms with Crippen molar-refractivity contribution in [2.75, 3.05) is 33.2 Å². The molecule has 162 valence electrons. The topological polar surface area (TPSA) is 65.0 Å². The summed E-state index contributed by atoms with van der Waals surface area (Å²) < 4.78 is 3.94. The molecule has 3 amide bonds. The minimum Gasteiger partial charge on any atom is -0.302 e. The SMILES string of the molecule is Cc1ccc(-n2c(C)c[n+]3c2N=C2C3C(=O)N(CCN3CCCCC3)C(=O)N2C)cc1. The molecule has 5 rings (SSSR count). The van der Waals surface area contributed by atoms with Gasteiger partial charge >= 0.3 is 12.0 Å². The fraction of sp³-hybridized carbons (Fsp3) is 0.478. The van der Waals surface area contributed by atoms with Crippen molar-refractivity contribution in [3.05, 3.63) is 41.7 Å². The monoisotopic (exact) mass is 421 g/mol. The maximum atomic E-state index is 13.4. The van der Waals surface area contributed by atoms with Crippen LogP contribution in [-0.2, 0) is 4.79 Å². The lowest BCUT2D eigenvalue weighted by Crippen LogP contribution is -2.63. The maximum absolute atomic E-state index is 13.4. The van der Waals surface area contributed by atoms with E-state index >= 15 is 0 Å². The zero-order chi connectivity index (χ0) is 21.7. The fourth-order valence-electron chi connectivity index (χ4n) is 4.83. The van der Waals surface area contributed by atoms with Crippen LogP contribution < -0.4 is 4.57 Å². The lowest BCUT2D eigenvalue weighted by Gasteiger charge is -2.35. The number of carbonyl (C=O) groups excluding carboxylic acids is 2. The number of benzene rings is 1. The summed E-state index contributed by atoms with van der Waals surface area (Å²) >= 11 is 0. The number of nitrogens with zero attached hydrogens (tertiary/aromatic N) is 6. The summed E-state index contributed by atoms with van der Waals surface area (Å²) in [7, 11) is 1.71. The molecule has 1 aromatic heterocycles. The minimum absolute atomic E-state index is 0.191. The molecule has 1 unspecified atom stereocenters. The van der Waals surface area contributed by atoms with Crippen LogP contribution in [0.1, 0.15) is 36.6 Å². The number of imidazole rings is 1. The van der Waals surface area contributed by atoms with E-state index in [0.29, 0.717) is 18.3 Å². The van der Waals surface area contributed by atoms with Gasteiger partial charge in [0.2, 0.25) is 11.9 Å². The fourth-order valence-corrected chi connectivity index (χ4v) is 4.83. The predicted molar refractivity (Wildman–Crippen MR) is 117 cm³/mol. The van der Waals surface area contributed by atoms with E-state index in [1.807, 2.05) is 34.4 Å². The number of carbonyl (C=O) groups is 2. The Kier molecular flexibility index (Phi) is 4.89. The number of fused-ring (bicyclic) bond motifs is 3. The van der Waals surface area contributed by atoms with Gasteiger partial charge in [0, 0.05) is 20.1 Å². The zero-order valence-electron chi connectivity index (χ0n) is 18.4. The van der Waals surface area contributed by atoms with E-state index in [1.54, 1.807) is 7.05 Å². The molecule has 8 nitrogen and oxygen atoms in total. The highest BCUT2D eigenvalue weighted by molar-refractivity contribution is 6.19. The summed E-state index contributed by atoms with van der Waals surface area (Å²) in [5.41, 5.74) is 3.17. The molecule has 2 aromatic rings. The van der Waals surface area contributed by atoms with Gasteiger partial charge in [-0.2, -0.15) is 4.57 Å². The van der Waals surface area contributed by atoms with Crippen LogP contribution in [0.3, 0.4) is 0 Å². The number of imide groups is 1. The standard InChI is InChI=1S/C23H29N6O2/c1-16-7-9-18(10-8-16)29-17(2)15-28-19-20(24-22(28)29)25(3)23(31)27(21(19)30)14-13-26-11-5-4-6-12-26/h7-10,15,19H,4-6,11-14H2,1-3H3/q+1. The van der Waals surface area contributed by atoms with Crippen LogP contribution >= 0.6 is 0 Å². The first-order chi connectivity index (χ1) is 15.0. The molecule has 4 heterocycles. The van der Waals surface area contributed by atoms with E-state index in [2.05, 4.69) is 24.0 Å². The second-order valence-corrected chi connectivity index (χ2v) is 8.76.